The number of nitrogens with zero attached hydrogens (tertiary/aromatic N) is 1. The second-order valence-corrected chi connectivity index (χ2v) is 5.11. The summed E-state index contributed by atoms with van der Waals surface area (Å²) in [6.07, 6.45) is -2.88. The van der Waals surface area contributed by atoms with Crippen LogP contribution in [0.2, 0.25) is 0 Å². The van der Waals surface area contributed by atoms with Crippen LogP contribution in [0.3, 0.4) is 0 Å². The monoisotopic (exact) mass is 286 g/mol. The van der Waals surface area contributed by atoms with Gasteiger partial charge in [-0.3, -0.25) is 4.79 Å². The van der Waals surface area contributed by atoms with Crippen LogP contribution in [0.5, 0.6) is 0 Å². The molecular formula is C14H17F3N2O. The molecule has 3 nitrogen and oxygen atoms in total. The molecule has 1 saturated carbocycles. The highest BCUT2D eigenvalue weighted by Gasteiger charge is 2.41. The van der Waals surface area contributed by atoms with E-state index < -0.39 is 24.7 Å². The van der Waals surface area contributed by atoms with Crippen molar-refractivity contribution in [3.8, 4) is 0 Å². The number of alkyl halides is 3. The van der Waals surface area contributed by atoms with Gasteiger partial charge < -0.3 is 10.6 Å². The Morgan fingerprint density at radius 1 is 1.30 bits per heavy atom. The van der Waals surface area contributed by atoms with E-state index in [9.17, 15) is 18.0 Å². The smallest absolute Gasteiger partial charge is 0.329 e. The van der Waals surface area contributed by atoms with E-state index in [4.69, 9.17) is 5.73 Å². The van der Waals surface area contributed by atoms with Gasteiger partial charge in [0.25, 0.3) is 0 Å². The average Bonchev–Trinajstić information content (AvgIpc) is 3.19. The van der Waals surface area contributed by atoms with Gasteiger partial charge in [-0.15, -0.1) is 0 Å². The van der Waals surface area contributed by atoms with Gasteiger partial charge in [0.15, 0.2) is 0 Å². The Morgan fingerprint density at radius 3 is 2.40 bits per heavy atom. The van der Waals surface area contributed by atoms with Crippen molar-refractivity contribution in [2.75, 3.05) is 6.54 Å². The first-order valence-corrected chi connectivity index (χ1v) is 6.53. The molecule has 20 heavy (non-hydrogen) atoms. The lowest BCUT2D eigenvalue weighted by Gasteiger charge is -2.26. The van der Waals surface area contributed by atoms with Gasteiger partial charge in [0.05, 0.1) is 6.04 Å². The van der Waals surface area contributed by atoms with Crippen LogP contribution in [0.25, 0.3) is 0 Å². The number of rotatable bonds is 5. The molecule has 0 heterocycles. The van der Waals surface area contributed by atoms with Crippen molar-refractivity contribution >= 4 is 5.91 Å². The zero-order chi connectivity index (χ0) is 14.8. The molecule has 1 aliphatic carbocycles. The van der Waals surface area contributed by atoms with Gasteiger partial charge in [-0.2, -0.15) is 13.2 Å². The van der Waals surface area contributed by atoms with Crippen molar-refractivity contribution in [3.63, 3.8) is 0 Å². The second-order valence-electron chi connectivity index (χ2n) is 5.11. The van der Waals surface area contributed by atoms with Crippen LogP contribution >= 0.6 is 0 Å². The van der Waals surface area contributed by atoms with Crippen molar-refractivity contribution < 1.29 is 18.0 Å². The van der Waals surface area contributed by atoms with Crippen LogP contribution in [-0.2, 0) is 11.2 Å². The molecule has 1 aromatic carbocycles. The Bertz CT molecular complexity index is 457. The summed E-state index contributed by atoms with van der Waals surface area (Å²) in [4.78, 5) is 13.0. The van der Waals surface area contributed by atoms with E-state index in [0.717, 1.165) is 10.5 Å². The molecule has 1 atom stereocenters. The Labute approximate surface area is 115 Å². The molecule has 1 aromatic rings. The highest BCUT2D eigenvalue weighted by atomic mass is 19.4. The van der Waals surface area contributed by atoms with Gasteiger partial charge in [0, 0.05) is 6.04 Å². The predicted molar refractivity (Wildman–Crippen MR) is 68.9 cm³/mol. The van der Waals surface area contributed by atoms with Crippen molar-refractivity contribution in [1.29, 1.82) is 0 Å². The molecule has 2 rings (SSSR count). The minimum absolute atomic E-state index is 0.251. The Morgan fingerprint density at radius 2 is 1.90 bits per heavy atom. The fourth-order valence-corrected chi connectivity index (χ4v) is 2.13. The van der Waals surface area contributed by atoms with Gasteiger partial charge in [-0.05, 0) is 24.8 Å². The fourth-order valence-electron chi connectivity index (χ4n) is 2.13. The molecule has 0 spiro atoms. The average molecular weight is 286 g/mol. The Hall–Kier alpha value is -1.56. The molecule has 0 aromatic heterocycles. The molecule has 2 N–H and O–H groups in total. The number of benzene rings is 1. The third-order valence-corrected chi connectivity index (χ3v) is 3.24. The third kappa shape index (κ3) is 4.23. The molecule has 1 amide bonds. The molecule has 6 heteroatoms. The van der Waals surface area contributed by atoms with Crippen molar-refractivity contribution in [2.45, 2.75) is 37.5 Å². The Kier molecular flexibility index (Phi) is 4.32. The van der Waals surface area contributed by atoms with E-state index in [1.54, 1.807) is 24.3 Å². The molecule has 0 bridgehead atoms. The number of hydrogen-bond donors (Lipinski definition) is 1. The lowest BCUT2D eigenvalue weighted by Crippen LogP contribution is -2.49. The summed E-state index contributed by atoms with van der Waals surface area (Å²) in [7, 11) is 0. The standard InChI is InChI=1S/C14H17F3N2O/c15-14(16,17)9-19(11-6-7-11)13(20)12(18)8-10-4-2-1-3-5-10/h1-5,11-12H,6-9,18H2/t12-/m1/s1. The van der Waals surface area contributed by atoms with E-state index >= 15 is 0 Å². The molecule has 1 fully saturated rings. The molecule has 110 valence electrons. The molecular weight excluding hydrogens is 269 g/mol. The number of halogens is 3. The maximum absolute atomic E-state index is 12.5. The van der Waals surface area contributed by atoms with Gasteiger partial charge in [-0.25, -0.2) is 0 Å². The molecule has 0 radical (unpaired) electrons. The van der Waals surface area contributed by atoms with E-state index in [-0.39, 0.29) is 12.5 Å². The fraction of sp³-hybridized carbons (Fsp3) is 0.500. The number of nitrogens with two attached hydrogens (primary N) is 1. The number of hydrogen-bond acceptors (Lipinski definition) is 2. The largest absolute Gasteiger partial charge is 0.406 e. The number of carbonyl (C=O) groups excluding carboxylic acids is 1. The lowest BCUT2D eigenvalue weighted by molar-refractivity contribution is -0.163. The first-order chi connectivity index (χ1) is 9.37. The molecule has 0 aliphatic heterocycles. The summed E-state index contributed by atoms with van der Waals surface area (Å²) in [6, 6.07) is 7.82. The van der Waals surface area contributed by atoms with Gasteiger partial charge in [0.2, 0.25) is 5.91 Å². The molecule has 1 aliphatic rings. The summed E-state index contributed by atoms with van der Waals surface area (Å²) >= 11 is 0. The lowest BCUT2D eigenvalue weighted by atomic mass is 10.1. The number of amides is 1. The maximum Gasteiger partial charge on any atom is 0.406 e. The summed E-state index contributed by atoms with van der Waals surface area (Å²) in [5.74, 6) is -0.617. The van der Waals surface area contributed by atoms with E-state index in [0.29, 0.717) is 12.8 Å². The minimum atomic E-state index is -4.38. The van der Waals surface area contributed by atoms with E-state index in [2.05, 4.69) is 0 Å². The van der Waals surface area contributed by atoms with Crippen LogP contribution < -0.4 is 5.73 Å². The SMILES string of the molecule is N[C@H](Cc1ccccc1)C(=O)N(CC(F)(F)F)C1CC1. The van der Waals surface area contributed by atoms with Crippen LogP contribution in [0.1, 0.15) is 18.4 Å². The Balaban J connectivity index is 2.00. The summed E-state index contributed by atoms with van der Waals surface area (Å²) in [6.45, 7) is -1.21. The van der Waals surface area contributed by atoms with Gasteiger partial charge in [0.1, 0.15) is 6.54 Å². The summed E-state index contributed by atoms with van der Waals surface area (Å²) in [5.41, 5.74) is 6.62. The quantitative estimate of drug-likeness (QED) is 0.901. The first kappa shape index (κ1) is 14.8. The van der Waals surface area contributed by atoms with Crippen molar-refractivity contribution in [3.05, 3.63) is 35.9 Å². The highest BCUT2D eigenvalue weighted by Crippen LogP contribution is 2.30. The van der Waals surface area contributed by atoms with Gasteiger partial charge in [-0.1, -0.05) is 30.3 Å². The van der Waals surface area contributed by atoms with E-state index in [1.807, 2.05) is 6.07 Å². The van der Waals surface area contributed by atoms with Crippen LogP contribution in [0, 0.1) is 0 Å². The topological polar surface area (TPSA) is 46.3 Å². The predicted octanol–water partition coefficient (Wildman–Crippen LogP) is 2.11. The van der Waals surface area contributed by atoms with Crippen LogP contribution in [0.15, 0.2) is 30.3 Å². The first-order valence-electron chi connectivity index (χ1n) is 6.53. The minimum Gasteiger partial charge on any atom is -0.329 e. The van der Waals surface area contributed by atoms with Gasteiger partial charge >= 0.3 is 6.18 Å². The zero-order valence-corrected chi connectivity index (χ0v) is 10.9. The molecule has 0 saturated heterocycles. The summed E-state index contributed by atoms with van der Waals surface area (Å²) < 4.78 is 37.5. The third-order valence-electron chi connectivity index (χ3n) is 3.24. The maximum atomic E-state index is 12.5. The van der Waals surface area contributed by atoms with Crippen molar-refractivity contribution in [1.82, 2.24) is 4.90 Å². The second kappa shape index (κ2) is 5.83. The van der Waals surface area contributed by atoms with Crippen LogP contribution in [-0.4, -0.2) is 35.6 Å². The summed E-state index contributed by atoms with van der Waals surface area (Å²) in [5, 5.41) is 0. The van der Waals surface area contributed by atoms with E-state index in [1.165, 1.54) is 0 Å². The number of carbonyl (C=O) groups is 1. The highest BCUT2D eigenvalue weighted by molar-refractivity contribution is 5.82. The zero-order valence-electron chi connectivity index (χ0n) is 10.9. The normalized spacial score (nSPS) is 16.8. The van der Waals surface area contributed by atoms with Crippen molar-refractivity contribution in [2.24, 2.45) is 5.73 Å². The molecule has 0 unspecified atom stereocenters. The van der Waals surface area contributed by atoms with Crippen LogP contribution in [0.4, 0.5) is 13.2 Å².